The van der Waals surface area contributed by atoms with Crippen LogP contribution in [-0.4, -0.2) is 37.9 Å². The van der Waals surface area contributed by atoms with Gasteiger partial charge in [-0.1, -0.05) is 27.5 Å². The Morgan fingerprint density at radius 3 is 2.55 bits per heavy atom. The van der Waals surface area contributed by atoms with Crippen LogP contribution in [0.4, 0.5) is 10.5 Å². The van der Waals surface area contributed by atoms with Gasteiger partial charge in [0.2, 0.25) is 10.0 Å². The standard InChI is InChI=1S/C20H20BrClN2O4S/c1-13-10-17(3-4-18(13)21)29(26,27)23-8-6-16(7-9-23)24-19-5-2-15(22)11-14(19)12-28-20(24)25/h2-5,10-11,16H,6-9,12H2,1H3. The summed E-state index contributed by atoms with van der Waals surface area (Å²) in [6, 6.07) is 10.3. The van der Waals surface area contributed by atoms with Gasteiger partial charge < -0.3 is 4.74 Å². The fraction of sp³-hybridized carbons (Fsp3) is 0.350. The van der Waals surface area contributed by atoms with Gasteiger partial charge in [0.05, 0.1) is 10.6 Å². The first kappa shape index (κ1) is 20.7. The van der Waals surface area contributed by atoms with Gasteiger partial charge in [-0.25, -0.2) is 13.2 Å². The highest BCUT2D eigenvalue weighted by Crippen LogP contribution is 2.34. The molecule has 2 aliphatic rings. The molecule has 4 rings (SSSR count). The molecule has 154 valence electrons. The average Bonchev–Trinajstić information content (AvgIpc) is 2.70. The number of carbonyl (C=O) groups is 1. The SMILES string of the molecule is Cc1cc(S(=O)(=O)N2CCC(N3C(=O)OCc4cc(Cl)ccc43)CC2)ccc1Br. The zero-order valence-corrected chi connectivity index (χ0v) is 18.9. The van der Waals surface area contributed by atoms with E-state index in [1.807, 2.05) is 13.0 Å². The van der Waals surface area contributed by atoms with Crippen molar-refractivity contribution in [3.05, 3.63) is 57.0 Å². The first-order valence-electron chi connectivity index (χ1n) is 9.28. The van der Waals surface area contributed by atoms with Crippen LogP contribution in [0.2, 0.25) is 5.02 Å². The van der Waals surface area contributed by atoms with Crippen LogP contribution in [0.5, 0.6) is 0 Å². The lowest BCUT2D eigenvalue weighted by Gasteiger charge is -2.39. The number of cyclic esters (lactones) is 1. The topological polar surface area (TPSA) is 66.9 Å². The van der Waals surface area contributed by atoms with E-state index in [9.17, 15) is 13.2 Å². The maximum Gasteiger partial charge on any atom is 0.414 e. The summed E-state index contributed by atoms with van der Waals surface area (Å²) >= 11 is 9.46. The number of ether oxygens (including phenoxy) is 1. The summed E-state index contributed by atoms with van der Waals surface area (Å²) < 4.78 is 33.7. The summed E-state index contributed by atoms with van der Waals surface area (Å²) in [7, 11) is -3.57. The number of halogens is 2. The van der Waals surface area contributed by atoms with Crippen molar-refractivity contribution in [1.29, 1.82) is 0 Å². The van der Waals surface area contributed by atoms with E-state index in [2.05, 4.69) is 15.9 Å². The van der Waals surface area contributed by atoms with Crippen LogP contribution >= 0.6 is 27.5 Å². The van der Waals surface area contributed by atoms with E-state index in [4.69, 9.17) is 16.3 Å². The number of benzene rings is 2. The van der Waals surface area contributed by atoms with Gasteiger partial charge in [-0.15, -0.1) is 0 Å². The second kappa shape index (κ2) is 7.91. The number of fused-ring (bicyclic) bond motifs is 1. The third-order valence-electron chi connectivity index (χ3n) is 5.40. The molecular weight excluding hydrogens is 480 g/mol. The van der Waals surface area contributed by atoms with Gasteiger partial charge in [0.15, 0.2) is 0 Å². The smallest absolute Gasteiger partial charge is 0.414 e. The van der Waals surface area contributed by atoms with E-state index in [1.54, 1.807) is 35.2 Å². The van der Waals surface area contributed by atoms with Gasteiger partial charge in [0.25, 0.3) is 0 Å². The van der Waals surface area contributed by atoms with Crippen LogP contribution in [0.1, 0.15) is 24.0 Å². The Balaban J connectivity index is 1.52. The van der Waals surface area contributed by atoms with Crippen LogP contribution < -0.4 is 4.90 Å². The summed E-state index contributed by atoms with van der Waals surface area (Å²) in [6.07, 6.45) is 0.669. The van der Waals surface area contributed by atoms with Crippen LogP contribution in [0.15, 0.2) is 45.8 Å². The number of hydrogen-bond donors (Lipinski definition) is 0. The Bertz CT molecular complexity index is 1070. The predicted octanol–water partition coefficient (Wildman–Crippen LogP) is 4.72. The minimum Gasteiger partial charge on any atom is -0.444 e. The first-order valence-corrected chi connectivity index (χ1v) is 11.9. The highest BCUT2D eigenvalue weighted by Gasteiger charge is 2.37. The molecule has 0 saturated carbocycles. The number of carbonyl (C=O) groups excluding carboxylic acids is 1. The molecule has 2 heterocycles. The van der Waals surface area contributed by atoms with E-state index in [1.165, 1.54) is 4.31 Å². The molecule has 0 atom stereocenters. The first-order chi connectivity index (χ1) is 13.8. The van der Waals surface area contributed by atoms with E-state index in [0.717, 1.165) is 21.3 Å². The summed E-state index contributed by atoms with van der Waals surface area (Å²) in [6.45, 7) is 2.74. The minimum absolute atomic E-state index is 0.124. The molecule has 0 radical (unpaired) electrons. The van der Waals surface area contributed by atoms with E-state index < -0.39 is 16.1 Å². The Labute approximate surface area is 183 Å². The third kappa shape index (κ3) is 3.91. The van der Waals surface area contributed by atoms with E-state index in [-0.39, 0.29) is 17.5 Å². The van der Waals surface area contributed by atoms with Gasteiger partial charge in [-0.05, 0) is 61.7 Å². The Kier molecular flexibility index (Phi) is 5.63. The molecule has 2 aromatic rings. The normalized spacial score (nSPS) is 18.4. The van der Waals surface area contributed by atoms with Crippen LogP contribution in [0.25, 0.3) is 0 Å². The Morgan fingerprint density at radius 2 is 1.86 bits per heavy atom. The van der Waals surface area contributed by atoms with Crippen molar-refractivity contribution in [2.24, 2.45) is 0 Å². The van der Waals surface area contributed by atoms with Crippen molar-refractivity contribution >= 4 is 49.3 Å². The Morgan fingerprint density at radius 1 is 1.14 bits per heavy atom. The maximum absolute atomic E-state index is 13.0. The number of anilines is 1. The summed E-state index contributed by atoms with van der Waals surface area (Å²) in [5.41, 5.74) is 2.51. The molecule has 2 aromatic carbocycles. The number of sulfonamides is 1. The minimum atomic E-state index is -3.57. The molecule has 1 saturated heterocycles. The number of hydrogen-bond acceptors (Lipinski definition) is 4. The number of piperidine rings is 1. The van der Waals surface area contributed by atoms with Gasteiger partial charge in [0, 0.05) is 34.2 Å². The second-order valence-corrected chi connectivity index (χ2v) is 10.5. The molecule has 2 aliphatic heterocycles. The summed E-state index contributed by atoms with van der Waals surface area (Å²) in [5, 5.41) is 0.590. The predicted molar refractivity (Wildman–Crippen MR) is 115 cm³/mol. The second-order valence-electron chi connectivity index (χ2n) is 7.24. The molecule has 29 heavy (non-hydrogen) atoms. The third-order valence-corrected chi connectivity index (χ3v) is 8.42. The zero-order chi connectivity index (χ0) is 20.8. The lowest BCUT2D eigenvalue weighted by molar-refractivity contribution is 0.136. The Hall–Kier alpha value is -1.61. The zero-order valence-electron chi connectivity index (χ0n) is 15.8. The molecule has 0 bridgehead atoms. The number of nitrogens with zero attached hydrogens (tertiary/aromatic N) is 2. The average molecular weight is 500 g/mol. The molecule has 0 spiro atoms. The van der Waals surface area contributed by atoms with Crippen LogP contribution in [-0.2, 0) is 21.4 Å². The highest BCUT2D eigenvalue weighted by molar-refractivity contribution is 9.10. The van der Waals surface area contributed by atoms with Crippen molar-refractivity contribution in [3.63, 3.8) is 0 Å². The molecule has 1 fully saturated rings. The van der Waals surface area contributed by atoms with Crippen molar-refractivity contribution in [2.45, 2.75) is 37.3 Å². The van der Waals surface area contributed by atoms with Crippen molar-refractivity contribution in [3.8, 4) is 0 Å². The number of amides is 1. The molecule has 1 amide bonds. The molecule has 0 N–H and O–H groups in total. The largest absolute Gasteiger partial charge is 0.444 e. The van der Waals surface area contributed by atoms with Gasteiger partial charge >= 0.3 is 6.09 Å². The summed E-state index contributed by atoms with van der Waals surface area (Å²) in [5.74, 6) is 0. The lowest BCUT2D eigenvalue weighted by atomic mass is 10.0. The molecule has 6 nitrogen and oxygen atoms in total. The van der Waals surface area contributed by atoms with Gasteiger partial charge in [-0.3, -0.25) is 4.90 Å². The molecule has 0 aliphatic carbocycles. The van der Waals surface area contributed by atoms with Crippen molar-refractivity contribution in [1.82, 2.24) is 4.31 Å². The van der Waals surface area contributed by atoms with Gasteiger partial charge in [0.1, 0.15) is 6.61 Å². The molecule has 9 heteroatoms. The van der Waals surface area contributed by atoms with E-state index in [0.29, 0.717) is 31.0 Å². The fourth-order valence-electron chi connectivity index (χ4n) is 3.83. The lowest BCUT2D eigenvalue weighted by Crippen LogP contribution is -2.50. The molecule has 0 unspecified atom stereocenters. The number of aryl methyl sites for hydroxylation is 1. The van der Waals surface area contributed by atoms with Gasteiger partial charge in [-0.2, -0.15) is 4.31 Å². The fourth-order valence-corrected chi connectivity index (χ4v) is 5.82. The monoisotopic (exact) mass is 498 g/mol. The summed E-state index contributed by atoms with van der Waals surface area (Å²) in [4.78, 5) is 14.4. The van der Waals surface area contributed by atoms with Crippen LogP contribution in [0, 0.1) is 6.92 Å². The maximum atomic E-state index is 13.0. The number of rotatable bonds is 3. The quantitative estimate of drug-likeness (QED) is 0.613. The van der Waals surface area contributed by atoms with Crippen molar-refractivity contribution < 1.29 is 17.9 Å². The molecular formula is C20H20BrClN2O4S. The van der Waals surface area contributed by atoms with Crippen molar-refractivity contribution in [2.75, 3.05) is 18.0 Å². The van der Waals surface area contributed by atoms with E-state index >= 15 is 0 Å². The van der Waals surface area contributed by atoms with Crippen LogP contribution in [0.3, 0.4) is 0 Å². The highest BCUT2D eigenvalue weighted by atomic mass is 79.9. The molecule has 0 aromatic heterocycles.